The van der Waals surface area contributed by atoms with Gasteiger partial charge in [0.15, 0.2) is 0 Å². The summed E-state index contributed by atoms with van der Waals surface area (Å²) in [6.45, 7) is 0. The Hall–Kier alpha value is -0.540. The molecule has 0 aliphatic rings. The lowest BCUT2D eigenvalue weighted by Crippen LogP contribution is -2.08. The quantitative estimate of drug-likeness (QED) is 0.542. The van der Waals surface area contributed by atoms with Gasteiger partial charge < -0.3 is 10.6 Å². The Labute approximate surface area is 84.6 Å². The number of hydrogen-bond acceptors (Lipinski definition) is 3. The van der Waals surface area contributed by atoms with E-state index in [0.717, 1.165) is 16.3 Å². The van der Waals surface area contributed by atoms with Crippen LogP contribution in [0, 0.1) is 0 Å². The number of nitrogens with two attached hydrogens (primary N) is 1. The molecule has 0 amide bonds. The molecule has 0 fully saturated rings. The van der Waals surface area contributed by atoms with Gasteiger partial charge in [0.2, 0.25) is 0 Å². The van der Waals surface area contributed by atoms with Crippen LogP contribution in [0.4, 0.5) is 11.4 Å². The summed E-state index contributed by atoms with van der Waals surface area (Å²) in [6, 6.07) is 5.77. The molecule has 0 saturated heterocycles. The number of nitrogens with zero attached hydrogens (tertiary/aromatic N) is 1. The minimum Gasteiger partial charge on any atom is -0.398 e. The zero-order valence-corrected chi connectivity index (χ0v) is 8.82. The van der Waals surface area contributed by atoms with Gasteiger partial charge in [-0.05, 0) is 18.2 Å². The van der Waals surface area contributed by atoms with Gasteiger partial charge in [0.25, 0.3) is 0 Å². The Morgan fingerprint density at radius 1 is 1.33 bits per heavy atom. The zero-order valence-electron chi connectivity index (χ0n) is 7.11. The maximum atomic E-state index is 5.59. The summed E-state index contributed by atoms with van der Waals surface area (Å²) in [4.78, 5) is 2.84. The van der Waals surface area contributed by atoms with Crippen LogP contribution in [-0.2, 0) is 0 Å². The predicted molar refractivity (Wildman–Crippen MR) is 59.7 cm³/mol. The van der Waals surface area contributed by atoms with E-state index in [1.54, 1.807) is 0 Å². The smallest absolute Gasteiger partial charge is 0.0451 e. The number of hydrogen-bond donors (Lipinski definition) is 2. The minimum atomic E-state index is 0. The van der Waals surface area contributed by atoms with Gasteiger partial charge in [-0.3, -0.25) is 0 Å². The highest BCUT2D eigenvalue weighted by molar-refractivity contribution is 7.80. The van der Waals surface area contributed by atoms with Crippen molar-refractivity contribution in [2.45, 2.75) is 4.90 Å². The molecule has 0 radical (unpaired) electrons. The van der Waals surface area contributed by atoms with E-state index in [4.69, 9.17) is 5.73 Å². The third-order valence-corrected chi connectivity index (χ3v) is 1.92. The van der Waals surface area contributed by atoms with Crippen molar-refractivity contribution >= 4 is 36.4 Å². The zero-order chi connectivity index (χ0) is 8.43. The third kappa shape index (κ3) is 2.50. The van der Waals surface area contributed by atoms with Crippen molar-refractivity contribution in [2.75, 3.05) is 24.7 Å². The fraction of sp³-hybridized carbons (Fsp3) is 0.250. The molecule has 0 saturated carbocycles. The number of rotatable bonds is 1. The Balaban J connectivity index is 0.00000121. The molecule has 0 spiro atoms. The maximum Gasteiger partial charge on any atom is 0.0451 e. The number of anilines is 2. The van der Waals surface area contributed by atoms with E-state index >= 15 is 0 Å². The molecule has 0 heterocycles. The lowest BCUT2D eigenvalue weighted by Gasteiger charge is -2.13. The topological polar surface area (TPSA) is 29.3 Å². The average Bonchev–Trinajstić information content (AvgIpc) is 1.94. The van der Waals surface area contributed by atoms with Crippen LogP contribution >= 0.6 is 25.0 Å². The van der Waals surface area contributed by atoms with Gasteiger partial charge in [-0.2, -0.15) is 0 Å². The normalized spacial score (nSPS) is 8.92. The average molecular weight is 205 g/mol. The second kappa shape index (κ2) is 4.48. The van der Waals surface area contributed by atoms with Crippen LogP contribution in [0.25, 0.3) is 0 Å². The Morgan fingerprint density at radius 2 is 1.92 bits per heavy atom. The monoisotopic (exact) mass is 204 g/mol. The fourth-order valence-corrected chi connectivity index (χ4v) is 1.02. The van der Waals surface area contributed by atoms with Gasteiger partial charge >= 0.3 is 0 Å². The summed E-state index contributed by atoms with van der Waals surface area (Å²) in [7, 11) is 3.97. The first-order chi connectivity index (χ1) is 5.11. The Kier molecular flexibility index (Phi) is 4.28. The summed E-state index contributed by atoms with van der Waals surface area (Å²) < 4.78 is 0. The highest BCUT2D eigenvalue weighted by Crippen LogP contribution is 2.22. The van der Waals surface area contributed by atoms with Crippen molar-refractivity contribution < 1.29 is 0 Å². The lowest BCUT2D eigenvalue weighted by atomic mass is 10.3. The SMILES string of the molecule is CN(C)c1ccc(N)c(S)c1.Cl. The van der Waals surface area contributed by atoms with Crippen LogP contribution in [0.3, 0.4) is 0 Å². The second-order valence-corrected chi connectivity index (χ2v) is 3.12. The van der Waals surface area contributed by atoms with Crippen LogP contribution in [0.15, 0.2) is 23.1 Å². The summed E-state index contributed by atoms with van der Waals surface area (Å²) in [5.74, 6) is 0. The summed E-state index contributed by atoms with van der Waals surface area (Å²) >= 11 is 4.21. The largest absolute Gasteiger partial charge is 0.398 e. The Morgan fingerprint density at radius 3 is 2.33 bits per heavy atom. The van der Waals surface area contributed by atoms with E-state index in [2.05, 4.69) is 12.6 Å². The number of benzene rings is 1. The number of halogens is 1. The van der Waals surface area contributed by atoms with Crippen molar-refractivity contribution in [3.8, 4) is 0 Å². The van der Waals surface area contributed by atoms with Crippen LogP contribution < -0.4 is 10.6 Å². The van der Waals surface area contributed by atoms with E-state index in [0.29, 0.717) is 0 Å². The molecular weight excluding hydrogens is 192 g/mol. The van der Waals surface area contributed by atoms with Crippen molar-refractivity contribution in [1.29, 1.82) is 0 Å². The van der Waals surface area contributed by atoms with Crippen LogP contribution in [0.1, 0.15) is 0 Å². The standard InChI is InChI=1S/C8H12N2S.ClH/c1-10(2)6-3-4-7(9)8(11)5-6;/h3-5,11H,9H2,1-2H3;1H. The summed E-state index contributed by atoms with van der Waals surface area (Å²) in [5, 5.41) is 0. The van der Waals surface area contributed by atoms with Gasteiger partial charge in [0.1, 0.15) is 0 Å². The fourth-order valence-electron chi connectivity index (χ4n) is 0.810. The molecule has 0 aliphatic carbocycles. The van der Waals surface area contributed by atoms with Crippen molar-refractivity contribution in [3.05, 3.63) is 18.2 Å². The van der Waals surface area contributed by atoms with Gasteiger partial charge in [-0.25, -0.2) is 0 Å². The Bertz CT molecular complexity index is 263. The van der Waals surface area contributed by atoms with E-state index in [1.807, 2.05) is 37.2 Å². The first kappa shape index (κ1) is 11.5. The molecule has 4 heteroatoms. The first-order valence-electron chi connectivity index (χ1n) is 3.37. The lowest BCUT2D eigenvalue weighted by molar-refractivity contribution is 1.12. The molecule has 0 unspecified atom stereocenters. The molecule has 0 aromatic heterocycles. The van der Waals surface area contributed by atoms with Gasteiger partial charge in [0, 0.05) is 30.4 Å². The third-order valence-electron chi connectivity index (χ3n) is 1.53. The minimum absolute atomic E-state index is 0. The maximum absolute atomic E-state index is 5.59. The highest BCUT2D eigenvalue weighted by Gasteiger charge is 1.97. The van der Waals surface area contributed by atoms with E-state index in [-0.39, 0.29) is 12.4 Å². The molecule has 0 bridgehead atoms. The molecule has 0 atom stereocenters. The molecule has 1 aromatic carbocycles. The summed E-state index contributed by atoms with van der Waals surface area (Å²) in [5.41, 5.74) is 7.43. The number of nitrogen functional groups attached to an aromatic ring is 1. The molecule has 12 heavy (non-hydrogen) atoms. The first-order valence-corrected chi connectivity index (χ1v) is 3.82. The second-order valence-electron chi connectivity index (χ2n) is 2.64. The molecule has 1 rings (SSSR count). The molecule has 2 N–H and O–H groups in total. The summed E-state index contributed by atoms with van der Waals surface area (Å²) in [6.07, 6.45) is 0. The molecule has 1 aromatic rings. The van der Waals surface area contributed by atoms with E-state index < -0.39 is 0 Å². The van der Waals surface area contributed by atoms with Gasteiger partial charge in [0.05, 0.1) is 0 Å². The highest BCUT2D eigenvalue weighted by atomic mass is 35.5. The van der Waals surface area contributed by atoms with E-state index in [9.17, 15) is 0 Å². The molecular formula is C8H13ClN2S. The van der Waals surface area contributed by atoms with Crippen molar-refractivity contribution in [3.63, 3.8) is 0 Å². The molecule has 68 valence electrons. The van der Waals surface area contributed by atoms with Gasteiger partial charge in [-0.1, -0.05) is 0 Å². The van der Waals surface area contributed by atoms with Crippen LogP contribution in [-0.4, -0.2) is 14.1 Å². The predicted octanol–water partition coefficient (Wildman–Crippen LogP) is 2.05. The van der Waals surface area contributed by atoms with Gasteiger partial charge in [-0.15, -0.1) is 25.0 Å². The number of thiol groups is 1. The molecule has 2 nitrogen and oxygen atoms in total. The van der Waals surface area contributed by atoms with Crippen molar-refractivity contribution in [2.24, 2.45) is 0 Å². The molecule has 0 aliphatic heterocycles. The van der Waals surface area contributed by atoms with Crippen LogP contribution in [0.2, 0.25) is 0 Å². The van der Waals surface area contributed by atoms with E-state index in [1.165, 1.54) is 0 Å². The van der Waals surface area contributed by atoms with Crippen molar-refractivity contribution in [1.82, 2.24) is 0 Å². The van der Waals surface area contributed by atoms with Crippen LogP contribution in [0.5, 0.6) is 0 Å².